The fourth-order valence-electron chi connectivity index (χ4n) is 6.44. The first-order valence-electron chi connectivity index (χ1n) is 10.7. The van der Waals surface area contributed by atoms with Crippen molar-refractivity contribution in [1.29, 1.82) is 0 Å². The molecule has 4 aliphatic rings. The molecular weight excluding hydrogens is 404 g/mol. The van der Waals surface area contributed by atoms with Gasteiger partial charge >= 0.3 is 0 Å². The summed E-state index contributed by atoms with van der Waals surface area (Å²) >= 11 is 0. The zero-order valence-electron chi connectivity index (χ0n) is 17.8. The minimum atomic E-state index is -0.945. The predicted octanol–water partition coefficient (Wildman–Crippen LogP) is 3.25. The van der Waals surface area contributed by atoms with Gasteiger partial charge < -0.3 is 9.47 Å². The summed E-state index contributed by atoms with van der Waals surface area (Å²) in [6.07, 6.45) is 2.44. The Kier molecular flexibility index (Phi) is 4.12. The largest absolute Gasteiger partial charge is 0.355 e. The van der Waals surface area contributed by atoms with Crippen molar-refractivity contribution < 1.29 is 19.1 Å². The zero-order chi connectivity index (χ0) is 22.0. The lowest BCUT2D eigenvalue weighted by atomic mass is 9.47. The number of hydrogen-bond donors (Lipinski definition) is 0. The Morgan fingerprint density at radius 2 is 1.50 bits per heavy atom. The maximum Gasteiger partial charge on any atom is 0.239 e. The van der Waals surface area contributed by atoms with E-state index >= 15 is 0 Å². The van der Waals surface area contributed by atoms with Crippen molar-refractivity contribution in [3.8, 4) is 0 Å². The minimum Gasteiger partial charge on any atom is -0.355 e. The van der Waals surface area contributed by atoms with Crippen LogP contribution in [0.1, 0.15) is 28.2 Å². The summed E-state index contributed by atoms with van der Waals surface area (Å²) in [6, 6.07) is 19.6. The maximum atomic E-state index is 14.1. The van der Waals surface area contributed by atoms with Crippen LogP contribution in [0.2, 0.25) is 0 Å². The quantitative estimate of drug-likeness (QED) is 0.473. The molecule has 2 heterocycles. The molecule has 32 heavy (non-hydrogen) atoms. The van der Waals surface area contributed by atoms with Crippen LogP contribution in [0.3, 0.4) is 0 Å². The highest BCUT2D eigenvalue weighted by molar-refractivity contribution is 6.23. The van der Waals surface area contributed by atoms with Crippen molar-refractivity contribution in [2.75, 3.05) is 19.1 Å². The van der Waals surface area contributed by atoms with Crippen LogP contribution in [0, 0.1) is 11.8 Å². The van der Waals surface area contributed by atoms with Crippen LogP contribution in [-0.4, -0.2) is 37.3 Å². The number of aromatic nitrogens is 1. The standard InChI is InChI=1S/C26H22N2O4/c1-31-25(32-2)26-18-11-5-3-9-16(18)20(17-10-4-6-12-19(17)26)21-22(26)24(30)28(23(21)29)15-8-7-13-27-14-15/h3-14,20-22,25H,1-2H3. The summed E-state index contributed by atoms with van der Waals surface area (Å²) in [5.41, 5.74) is 3.65. The lowest BCUT2D eigenvalue weighted by molar-refractivity contribution is -0.168. The SMILES string of the molecule is COC(OC)C12c3ccccc3C(c3ccccc31)C1C(=O)N(c3cccnc3)C(=O)C12. The number of amides is 2. The van der Waals surface area contributed by atoms with Gasteiger partial charge in [-0.05, 0) is 34.4 Å². The van der Waals surface area contributed by atoms with Crippen molar-refractivity contribution in [2.45, 2.75) is 17.6 Å². The fraction of sp³-hybridized carbons (Fsp3) is 0.269. The van der Waals surface area contributed by atoms with E-state index in [-0.39, 0.29) is 17.7 Å². The smallest absolute Gasteiger partial charge is 0.239 e. The molecule has 1 aliphatic heterocycles. The van der Waals surface area contributed by atoms with E-state index in [1.165, 1.54) is 4.90 Å². The highest BCUT2D eigenvalue weighted by Crippen LogP contribution is 2.65. The first-order chi connectivity index (χ1) is 15.7. The van der Waals surface area contributed by atoms with Gasteiger partial charge in [-0.2, -0.15) is 0 Å². The number of pyridine rings is 1. The molecule has 2 bridgehead atoms. The summed E-state index contributed by atoms with van der Waals surface area (Å²) in [6.45, 7) is 0. The Morgan fingerprint density at radius 3 is 2.06 bits per heavy atom. The number of methoxy groups -OCH3 is 2. The molecule has 160 valence electrons. The van der Waals surface area contributed by atoms with Gasteiger partial charge in [0.2, 0.25) is 11.8 Å². The highest BCUT2D eigenvalue weighted by Gasteiger charge is 2.71. The molecule has 0 saturated carbocycles. The number of benzene rings is 2. The fourth-order valence-corrected chi connectivity index (χ4v) is 6.44. The second-order valence-corrected chi connectivity index (χ2v) is 8.55. The lowest BCUT2D eigenvalue weighted by Gasteiger charge is -2.56. The van der Waals surface area contributed by atoms with Crippen molar-refractivity contribution in [1.82, 2.24) is 4.98 Å². The monoisotopic (exact) mass is 426 g/mol. The number of carbonyl (C=O) groups excluding carboxylic acids is 2. The molecule has 7 rings (SSSR count). The van der Waals surface area contributed by atoms with E-state index in [2.05, 4.69) is 17.1 Å². The molecule has 3 aliphatic carbocycles. The molecule has 2 unspecified atom stereocenters. The molecule has 0 N–H and O–H groups in total. The number of ether oxygens (including phenoxy) is 2. The normalized spacial score (nSPS) is 27.5. The van der Waals surface area contributed by atoms with Gasteiger partial charge in [-0.1, -0.05) is 48.5 Å². The van der Waals surface area contributed by atoms with Gasteiger partial charge in [0, 0.05) is 26.3 Å². The Bertz CT molecular complexity index is 1190. The number of nitrogens with zero attached hydrogens (tertiary/aromatic N) is 2. The number of rotatable bonds is 4. The van der Waals surface area contributed by atoms with E-state index in [4.69, 9.17) is 9.47 Å². The van der Waals surface area contributed by atoms with Crippen molar-refractivity contribution >= 4 is 17.5 Å². The Morgan fingerprint density at radius 1 is 0.875 bits per heavy atom. The first-order valence-corrected chi connectivity index (χ1v) is 10.7. The van der Waals surface area contributed by atoms with E-state index in [0.29, 0.717) is 5.69 Å². The van der Waals surface area contributed by atoms with E-state index < -0.39 is 23.5 Å². The van der Waals surface area contributed by atoms with Crippen LogP contribution < -0.4 is 4.90 Å². The summed E-state index contributed by atoms with van der Waals surface area (Å²) in [5, 5.41) is 0. The number of carbonyl (C=O) groups is 2. The molecule has 2 aromatic carbocycles. The van der Waals surface area contributed by atoms with Crippen molar-refractivity contribution in [3.63, 3.8) is 0 Å². The van der Waals surface area contributed by atoms with Crippen LogP contribution in [0.5, 0.6) is 0 Å². The molecule has 1 fully saturated rings. The molecule has 0 radical (unpaired) electrons. The second-order valence-electron chi connectivity index (χ2n) is 8.55. The molecule has 6 nitrogen and oxygen atoms in total. The summed E-state index contributed by atoms with van der Waals surface area (Å²) in [4.78, 5) is 33.4. The van der Waals surface area contributed by atoms with Crippen molar-refractivity contribution in [3.05, 3.63) is 95.3 Å². The third kappa shape index (κ3) is 2.13. The van der Waals surface area contributed by atoms with Gasteiger partial charge in [0.05, 0.1) is 29.1 Å². The van der Waals surface area contributed by atoms with Crippen molar-refractivity contribution in [2.24, 2.45) is 11.8 Å². The molecule has 1 aromatic heterocycles. The highest BCUT2D eigenvalue weighted by atomic mass is 16.7. The zero-order valence-corrected chi connectivity index (χ0v) is 17.8. The number of hydrogen-bond acceptors (Lipinski definition) is 5. The second kappa shape index (κ2) is 6.82. The van der Waals surface area contributed by atoms with Crippen LogP contribution >= 0.6 is 0 Å². The molecule has 6 heteroatoms. The minimum absolute atomic E-state index is 0.197. The lowest BCUT2D eigenvalue weighted by Crippen LogP contribution is -2.60. The molecule has 2 atom stereocenters. The summed E-state index contributed by atoms with van der Waals surface area (Å²) in [7, 11) is 3.17. The van der Waals surface area contributed by atoms with E-state index in [0.717, 1.165) is 22.3 Å². The van der Waals surface area contributed by atoms with Crippen LogP contribution in [0.4, 0.5) is 5.69 Å². The third-order valence-corrected chi connectivity index (χ3v) is 7.39. The Labute approximate surface area is 185 Å². The van der Waals surface area contributed by atoms with Crippen LogP contribution in [0.25, 0.3) is 0 Å². The average Bonchev–Trinajstić information content (AvgIpc) is 3.11. The molecule has 3 aromatic rings. The van der Waals surface area contributed by atoms with Crippen LogP contribution in [-0.2, 0) is 24.5 Å². The van der Waals surface area contributed by atoms with E-state index in [9.17, 15) is 9.59 Å². The molecule has 2 amide bonds. The Hall–Kier alpha value is -3.35. The van der Waals surface area contributed by atoms with Gasteiger partial charge in [-0.25, -0.2) is 4.90 Å². The van der Waals surface area contributed by atoms with Gasteiger partial charge in [-0.3, -0.25) is 14.6 Å². The van der Waals surface area contributed by atoms with Gasteiger partial charge in [-0.15, -0.1) is 0 Å². The predicted molar refractivity (Wildman–Crippen MR) is 117 cm³/mol. The van der Waals surface area contributed by atoms with E-state index in [1.807, 2.05) is 36.4 Å². The Balaban J connectivity index is 1.69. The topological polar surface area (TPSA) is 68.7 Å². The number of imide groups is 1. The van der Waals surface area contributed by atoms with Gasteiger partial charge in [0.25, 0.3) is 0 Å². The van der Waals surface area contributed by atoms with Gasteiger partial charge in [0.15, 0.2) is 6.29 Å². The summed E-state index contributed by atoms with van der Waals surface area (Å²) < 4.78 is 11.8. The van der Waals surface area contributed by atoms with Crippen LogP contribution in [0.15, 0.2) is 73.1 Å². The maximum absolute atomic E-state index is 14.1. The van der Waals surface area contributed by atoms with Gasteiger partial charge in [0.1, 0.15) is 0 Å². The number of anilines is 1. The third-order valence-electron chi connectivity index (χ3n) is 7.39. The molecule has 1 saturated heterocycles. The van der Waals surface area contributed by atoms with E-state index in [1.54, 1.807) is 38.7 Å². The molecular formula is C26H22N2O4. The first kappa shape index (κ1) is 19.3. The average molecular weight is 426 g/mol. The summed E-state index contributed by atoms with van der Waals surface area (Å²) in [5.74, 6) is -1.82. The molecule has 0 spiro atoms.